The molecule has 0 aliphatic rings. The first-order valence-electron chi connectivity index (χ1n) is 8.60. The molecule has 4 aromatic rings. The number of rotatable bonds is 6. The maximum Gasteiger partial charge on any atom is 0.138 e. The van der Waals surface area contributed by atoms with Crippen LogP contribution in [0.15, 0.2) is 66.3 Å². The summed E-state index contributed by atoms with van der Waals surface area (Å²) < 4.78 is 5.24. The van der Waals surface area contributed by atoms with Crippen molar-refractivity contribution in [2.24, 2.45) is 0 Å². The van der Waals surface area contributed by atoms with Crippen molar-refractivity contribution < 1.29 is 9.84 Å². The zero-order valence-corrected chi connectivity index (χ0v) is 15.6. The predicted molar refractivity (Wildman–Crippen MR) is 109 cm³/mol. The van der Waals surface area contributed by atoms with Crippen LogP contribution in [0.3, 0.4) is 0 Å². The number of nitrogens with one attached hydrogen (secondary N) is 1. The normalized spacial score (nSPS) is 12.1. The van der Waals surface area contributed by atoms with Crippen molar-refractivity contribution in [2.75, 3.05) is 19.0 Å². The third-order valence-corrected chi connectivity index (χ3v) is 5.30. The van der Waals surface area contributed by atoms with Crippen LogP contribution in [-0.2, 0) is 0 Å². The van der Waals surface area contributed by atoms with E-state index >= 15 is 0 Å². The second kappa shape index (κ2) is 7.73. The minimum Gasteiger partial charge on any atom is -0.497 e. The molecule has 0 radical (unpaired) electrons. The molecule has 136 valence electrons. The fourth-order valence-corrected chi connectivity index (χ4v) is 3.89. The number of hydrogen-bond acceptors (Lipinski definition) is 6. The highest BCUT2D eigenvalue weighted by atomic mass is 32.1. The minimum atomic E-state index is -0.612. The summed E-state index contributed by atoms with van der Waals surface area (Å²) in [5.41, 5.74) is 3.01. The Bertz CT molecular complexity index is 1030. The minimum absolute atomic E-state index is 0.369. The van der Waals surface area contributed by atoms with E-state index in [1.807, 2.05) is 54.6 Å². The van der Waals surface area contributed by atoms with E-state index in [1.54, 1.807) is 24.8 Å². The van der Waals surface area contributed by atoms with Gasteiger partial charge in [-0.1, -0.05) is 42.5 Å². The van der Waals surface area contributed by atoms with Gasteiger partial charge < -0.3 is 15.2 Å². The number of nitrogens with zero attached hydrogens (tertiary/aromatic N) is 2. The van der Waals surface area contributed by atoms with Gasteiger partial charge in [-0.25, -0.2) is 9.97 Å². The van der Waals surface area contributed by atoms with Crippen LogP contribution in [0.25, 0.3) is 21.3 Å². The van der Waals surface area contributed by atoms with Crippen LogP contribution in [0.5, 0.6) is 5.75 Å². The van der Waals surface area contributed by atoms with Crippen molar-refractivity contribution in [1.29, 1.82) is 0 Å². The number of anilines is 1. The molecule has 0 aliphatic heterocycles. The van der Waals surface area contributed by atoms with Crippen LogP contribution in [0.4, 0.5) is 5.82 Å². The maximum absolute atomic E-state index is 10.4. The molecular weight excluding hydrogens is 358 g/mol. The molecular formula is C21H19N3O2S. The topological polar surface area (TPSA) is 67.3 Å². The summed E-state index contributed by atoms with van der Waals surface area (Å²) in [6.07, 6.45) is 0.938. The molecule has 2 aromatic heterocycles. The Kier molecular flexibility index (Phi) is 5.00. The van der Waals surface area contributed by atoms with E-state index in [9.17, 15) is 5.11 Å². The molecule has 0 aliphatic carbocycles. The largest absolute Gasteiger partial charge is 0.497 e. The number of ether oxygens (including phenoxy) is 1. The van der Waals surface area contributed by atoms with Gasteiger partial charge in [0.15, 0.2) is 0 Å². The molecule has 2 N–H and O–H groups in total. The molecule has 5 nitrogen and oxygen atoms in total. The highest BCUT2D eigenvalue weighted by Gasteiger charge is 2.14. The van der Waals surface area contributed by atoms with E-state index in [-0.39, 0.29) is 0 Å². The highest BCUT2D eigenvalue weighted by molar-refractivity contribution is 7.17. The molecule has 1 atom stereocenters. The summed E-state index contributed by atoms with van der Waals surface area (Å²) in [7, 11) is 1.66. The Morgan fingerprint density at radius 3 is 2.59 bits per heavy atom. The predicted octanol–water partition coefficient (Wildman–Crippen LogP) is 4.51. The van der Waals surface area contributed by atoms with Gasteiger partial charge in [0.05, 0.1) is 18.6 Å². The number of benzene rings is 2. The lowest BCUT2D eigenvalue weighted by Crippen LogP contribution is -2.13. The van der Waals surface area contributed by atoms with Gasteiger partial charge in [0.25, 0.3) is 0 Å². The Labute approximate surface area is 161 Å². The second-order valence-corrected chi connectivity index (χ2v) is 6.95. The van der Waals surface area contributed by atoms with Gasteiger partial charge in [-0.05, 0) is 23.3 Å². The van der Waals surface area contributed by atoms with Crippen LogP contribution in [0, 0.1) is 0 Å². The van der Waals surface area contributed by atoms with Gasteiger partial charge in [-0.3, -0.25) is 0 Å². The fraction of sp³-hybridized carbons (Fsp3) is 0.143. The fourth-order valence-electron chi connectivity index (χ4n) is 2.98. The second-order valence-electron chi connectivity index (χ2n) is 6.09. The Balaban J connectivity index is 1.64. The van der Waals surface area contributed by atoms with Crippen molar-refractivity contribution in [1.82, 2.24) is 9.97 Å². The van der Waals surface area contributed by atoms with Crippen LogP contribution < -0.4 is 10.1 Å². The van der Waals surface area contributed by atoms with Gasteiger partial charge in [-0.15, -0.1) is 11.3 Å². The van der Waals surface area contributed by atoms with Gasteiger partial charge in [0.2, 0.25) is 0 Å². The molecule has 0 unspecified atom stereocenters. The third kappa shape index (κ3) is 3.63. The third-order valence-electron chi connectivity index (χ3n) is 4.42. The summed E-state index contributed by atoms with van der Waals surface area (Å²) in [6.45, 7) is 0.369. The van der Waals surface area contributed by atoms with Crippen LogP contribution in [0.1, 0.15) is 11.7 Å². The van der Waals surface area contributed by atoms with Gasteiger partial charge >= 0.3 is 0 Å². The quantitative estimate of drug-likeness (QED) is 0.517. The average Bonchev–Trinajstić information content (AvgIpc) is 3.17. The Morgan fingerprint density at radius 1 is 1.07 bits per heavy atom. The zero-order valence-electron chi connectivity index (χ0n) is 14.8. The van der Waals surface area contributed by atoms with E-state index in [1.165, 1.54) is 0 Å². The highest BCUT2D eigenvalue weighted by Crippen LogP contribution is 2.37. The van der Waals surface area contributed by atoms with Gasteiger partial charge in [-0.2, -0.15) is 0 Å². The summed E-state index contributed by atoms with van der Waals surface area (Å²) >= 11 is 1.58. The van der Waals surface area contributed by atoms with Crippen molar-refractivity contribution >= 4 is 27.4 Å². The Morgan fingerprint density at radius 2 is 1.85 bits per heavy atom. The SMILES string of the molecule is COc1ccc(-c2csc3ncnc(NC[C@@H](O)c4ccccc4)c23)cc1. The summed E-state index contributed by atoms with van der Waals surface area (Å²) in [6, 6.07) is 17.5. The summed E-state index contributed by atoms with van der Waals surface area (Å²) in [4.78, 5) is 9.71. The molecule has 2 heterocycles. The lowest BCUT2D eigenvalue weighted by atomic mass is 10.1. The molecule has 0 saturated heterocycles. The molecule has 0 fully saturated rings. The number of aliphatic hydroxyl groups excluding tert-OH is 1. The van der Waals surface area contributed by atoms with Crippen molar-refractivity contribution in [3.8, 4) is 16.9 Å². The summed E-state index contributed by atoms with van der Waals surface area (Å²) in [5.74, 6) is 1.54. The molecule has 4 rings (SSSR count). The van der Waals surface area contributed by atoms with Crippen molar-refractivity contribution in [3.63, 3.8) is 0 Å². The zero-order chi connectivity index (χ0) is 18.6. The van der Waals surface area contributed by atoms with Gasteiger partial charge in [0, 0.05) is 17.5 Å². The summed E-state index contributed by atoms with van der Waals surface area (Å²) in [5, 5.41) is 16.8. The van der Waals surface area contributed by atoms with E-state index < -0.39 is 6.10 Å². The number of aromatic nitrogens is 2. The van der Waals surface area contributed by atoms with E-state index in [0.29, 0.717) is 6.54 Å². The van der Waals surface area contributed by atoms with E-state index in [2.05, 4.69) is 20.7 Å². The first-order valence-corrected chi connectivity index (χ1v) is 9.47. The first-order chi connectivity index (χ1) is 13.3. The standard InChI is InChI=1S/C21H19N3O2S/c1-26-16-9-7-14(8-10-16)17-12-27-21-19(17)20(23-13-24-21)22-11-18(25)15-5-3-2-4-6-15/h2-10,12-13,18,25H,11H2,1H3,(H,22,23,24)/t18-/m1/s1. The molecule has 0 spiro atoms. The molecule has 6 heteroatoms. The number of thiophene rings is 1. The lowest BCUT2D eigenvalue weighted by molar-refractivity contribution is 0.191. The Hall–Kier alpha value is -2.96. The maximum atomic E-state index is 10.4. The number of fused-ring (bicyclic) bond motifs is 1. The molecule has 2 aromatic carbocycles. The molecule has 0 bridgehead atoms. The average molecular weight is 377 g/mol. The first kappa shape index (κ1) is 17.5. The van der Waals surface area contributed by atoms with Crippen molar-refractivity contribution in [2.45, 2.75) is 6.10 Å². The van der Waals surface area contributed by atoms with E-state index in [4.69, 9.17) is 4.74 Å². The monoisotopic (exact) mass is 377 g/mol. The van der Waals surface area contributed by atoms with Crippen LogP contribution in [-0.4, -0.2) is 28.7 Å². The van der Waals surface area contributed by atoms with Gasteiger partial charge in [0.1, 0.15) is 22.7 Å². The molecule has 0 amide bonds. The van der Waals surface area contributed by atoms with Crippen molar-refractivity contribution in [3.05, 3.63) is 71.9 Å². The number of methoxy groups -OCH3 is 1. The van der Waals surface area contributed by atoms with E-state index in [0.717, 1.165) is 38.5 Å². The number of hydrogen-bond donors (Lipinski definition) is 2. The smallest absolute Gasteiger partial charge is 0.138 e. The molecule has 0 saturated carbocycles. The lowest BCUT2D eigenvalue weighted by Gasteiger charge is -2.13. The van der Waals surface area contributed by atoms with Crippen LogP contribution >= 0.6 is 11.3 Å². The number of aliphatic hydroxyl groups is 1. The molecule has 27 heavy (non-hydrogen) atoms. The van der Waals surface area contributed by atoms with Crippen LogP contribution in [0.2, 0.25) is 0 Å².